The maximum atomic E-state index is 12.9. The first-order valence-electron chi connectivity index (χ1n) is 8.68. The van der Waals surface area contributed by atoms with Gasteiger partial charge >= 0.3 is 0 Å². The number of allylic oxidation sites excluding steroid dienone is 1. The van der Waals surface area contributed by atoms with Gasteiger partial charge in [0.2, 0.25) is 5.78 Å². The number of rotatable bonds is 5. The summed E-state index contributed by atoms with van der Waals surface area (Å²) >= 11 is 5.91. The minimum absolute atomic E-state index is 0.128. The van der Waals surface area contributed by atoms with Crippen molar-refractivity contribution >= 4 is 34.5 Å². The van der Waals surface area contributed by atoms with Gasteiger partial charge in [0.1, 0.15) is 0 Å². The van der Waals surface area contributed by atoms with E-state index in [1.54, 1.807) is 24.3 Å². The van der Waals surface area contributed by atoms with Crippen LogP contribution in [-0.2, 0) is 6.54 Å². The van der Waals surface area contributed by atoms with Gasteiger partial charge in [-0.3, -0.25) is 4.79 Å². The van der Waals surface area contributed by atoms with Gasteiger partial charge < -0.3 is 4.57 Å². The number of halogens is 1. The minimum atomic E-state index is -0.128. The van der Waals surface area contributed by atoms with E-state index < -0.39 is 0 Å². The summed E-state index contributed by atoms with van der Waals surface area (Å²) in [5, 5.41) is 0.670. The molecule has 0 aliphatic carbocycles. The normalized spacial score (nSPS) is 11.3. The Kier molecular flexibility index (Phi) is 4.86. The third-order valence-corrected chi connectivity index (χ3v) is 4.61. The molecule has 0 aliphatic heterocycles. The van der Waals surface area contributed by atoms with E-state index in [0.29, 0.717) is 17.4 Å². The molecule has 0 saturated carbocycles. The van der Waals surface area contributed by atoms with Crippen molar-refractivity contribution in [3.8, 4) is 0 Å². The van der Waals surface area contributed by atoms with E-state index in [1.807, 2.05) is 71.3 Å². The van der Waals surface area contributed by atoms with Crippen LogP contribution < -0.4 is 0 Å². The molecule has 0 amide bonds. The lowest BCUT2D eigenvalue weighted by Crippen LogP contribution is -2.09. The number of carbonyl (C=O) groups is 1. The van der Waals surface area contributed by atoms with Crippen LogP contribution in [0, 0.1) is 0 Å². The number of fused-ring (bicyclic) bond motifs is 1. The Labute approximate surface area is 162 Å². The van der Waals surface area contributed by atoms with Crippen molar-refractivity contribution in [3.63, 3.8) is 0 Å². The van der Waals surface area contributed by atoms with Crippen molar-refractivity contribution < 1.29 is 4.79 Å². The van der Waals surface area contributed by atoms with Crippen LogP contribution in [0.1, 0.15) is 21.7 Å². The summed E-state index contributed by atoms with van der Waals surface area (Å²) in [6.07, 6.45) is 3.34. The second-order valence-corrected chi connectivity index (χ2v) is 6.68. The summed E-state index contributed by atoms with van der Waals surface area (Å²) in [5.74, 6) is 0.308. The molecule has 1 heterocycles. The van der Waals surface area contributed by atoms with E-state index in [2.05, 4.69) is 4.98 Å². The van der Waals surface area contributed by atoms with E-state index >= 15 is 0 Å². The molecule has 1 aromatic heterocycles. The number of hydrogen-bond acceptors (Lipinski definition) is 2. The molecule has 132 valence electrons. The summed E-state index contributed by atoms with van der Waals surface area (Å²) in [6.45, 7) is 0.594. The summed E-state index contributed by atoms with van der Waals surface area (Å²) in [5.41, 5.74) is 3.80. The fourth-order valence-electron chi connectivity index (χ4n) is 3.01. The van der Waals surface area contributed by atoms with Gasteiger partial charge in [-0.2, -0.15) is 0 Å². The van der Waals surface area contributed by atoms with E-state index in [4.69, 9.17) is 11.6 Å². The van der Waals surface area contributed by atoms with Gasteiger partial charge in [0.25, 0.3) is 0 Å². The summed E-state index contributed by atoms with van der Waals surface area (Å²) in [4.78, 5) is 17.4. The zero-order valence-corrected chi connectivity index (χ0v) is 15.3. The number of para-hydroxylation sites is 2. The van der Waals surface area contributed by atoms with Crippen molar-refractivity contribution in [1.82, 2.24) is 9.55 Å². The fraction of sp³-hybridized carbons (Fsp3) is 0.0435. The number of nitrogens with zero attached hydrogens (tertiary/aromatic N) is 2. The summed E-state index contributed by atoms with van der Waals surface area (Å²) < 4.78 is 1.97. The van der Waals surface area contributed by atoms with Crippen LogP contribution in [0.3, 0.4) is 0 Å². The number of imidazole rings is 1. The van der Waals surface area contributed by atoms with Crippen LogP contribution in [0.15, 0.2) is 84.9 Å². The molecule has 0 saturated heterocycles. The van der Waals surface area contributed by atoms with Crippen molar-refractivity contribution in [2.24, 2.45) is 0 Å². The first-order valence-corrected chi connectivity index (χ1v) is 9.06. The van der Waals surface area contributed by atoms with E-state index in [-0.39, 0.29) is 5.78 Å². The highest BCUT2D eigenvalue weighted by Crippen LogP contribution is 2.19. The van der Waals surface area contributed by atoms with Crippen LogP contribution in [0.4, 0.5) is 0 Å². The molecule has 3 nitrogen and oxygen atoms in total. The van der Waals surface area contributed by atoms with E-state index in [0.717, 1.165) is 22.2 Å². The Morgan fingerprint density at radius 2 is 1.63 bits per heavy atom. The van der Waals surface area contributed by atoms with Gasteiger partial charge in [-0.25, -0.2) is 4.98 Å². The topological polar surface area (TPSA) is 34.9 Å². The highest BCUT2D eigenvalue weighted by Gasteiger charge is 2.15. The molecule has 0 radical (unpaired) electrons. The lowest BCUT2D eigenvalue weighted by atomic mass is 10.2. The SMILES string of the molecule is O=C(/C=C/c1ccc(Cl)cc1)c1nc2ccccc2n1Cc1ccccc1. The lowest BCUT2D eigenvalue weighted by molar-refractivity contribution is 0.103. The highest BCUT2D eigenvalue weighted by atomic mass is 35.5. The molecular weight excluding hydrogens is 356 g/mol. The molecular formula is C23H17ClN2O. The molecule has 3 aromatic carbocycles. The second-order valence-electron chi connectivity index (χ2n) is 6.25. The Bertz CT molecular complexity index is 1110. The van der Waals surface area contributed by atoms with Crippen molar-refractivity contribution in [1.29, 1.82) is 0 Å². The van der Waals surface area contributed by atoms with Crippen molar-refractivity contribution in [2.75, 3.05) is 0 Å². The lowest BCUT2D eigenvalue weighted by Gasteiger charge is -2.07. The van der Waals surface area contributed by atoms with Gasteiger partial charge in [-0.05, 0) is 41.5 Å². The van der Waals surface area contributed by atoms with Gasteiger partial charge in [0.15, 0.2) is 5.82 Å². The Morgan fingerprint density at radius 3 is 2.41 bits per heavy atom. The number of aromatic nitrogens is 2. The zero-order valence-electron chi connectivity index (χ0n) is 14.5. The van der Waals surface area contributed by atoms with Gasteiger partial charge in [-0.1, -0.05) is 72.3 Å². The summed E-state index contributed by atoms with van der Waals surface area (Å²) in [6, 6.07) is 25.2. The Balaban J connectivity index is 1.70. The van der Waals surface area contributed by atoms with Crippen molar-refractivity contribution in [2.45, 2.75) is 6.54 Å². The van der Waals surface area contributed by atoms with E-state index in [1.165, 1.54) is 0 Å². The van der Waals surface area contributed by atoms with Crippen molar-refractivity contribution in [3.05, 3.63) is 107 Å². The average molecular weight is 373 g/mol. The van der Waals surface area contributed by atoms with Crippen LogP contribution >= 0.6 is 11.6 Å². The molecule has 0 fully saturated rings. The smallest absolute Gasteiger partial charge is 0.221 e. The predicted octanol–water partition coefficient (Wildman–Crippen LogP) is 5.63. The fourth-order valence-corrected chi connectivity index (χ4v) is 3.14. The minimum Gasteiger partial charge on any atom is -0.317 e. The summed E-state index contributed by atoms with van der Waals surface area (Å²) in [7, 11) is 0. The molecule has 4 heteroatoms. The van der Waals surface area contributed by atoms with Crippen LogP contribution in [-0.4, -0.2) is 15.3 Å². The monoisotopic (exact) mass is 372 g/mol. The zero-order chi connectivity index (χ0) is 18.6. The van der Waals surface area contributed by atoms with Gasteiger partial charge in [-0.15, -0.1) is 0 Å². The van der Waals surface area contributed by atoms with E-state index in [9.17, 15) is 4.79 Å². The van der Waals surface area contributed by atoms with Gasteiger partial charge in [0.05, 0.1) is 11.0 Å². The van der Waals surface area contributed by atoms with Gasteiger partial charge in [0, 0.05) is 11.6 Å². The molecule has 0 unspecified atom stereocenters. The maximum Gasteiger partial charge on any atom is 0.221 e. The average Bonchev–Trinajstić information content (AvgIpc) is 3.07. The number of carbonyl (C=O) groups excluding carboxylic acids is 1. The van der Waals surface area contributed by atoms with Crippen LogP contribution in [0.5, 0.6) is 0 Å². The predicted molar refractivity (Wildman–Crippen MR) is 110 cm³/mol. The largest absolute Gasteiger partial charge is 0.317 e. The number of ketones is 1. The molecule has 0 spiro atoms. The number of hydrogen-bond donors (Lipinski definition) is 0. The molecule has 4 rings (SSSR count). The molecule has 0 bridgehead atoms. The highest BCUT2D eigenvalue weighted by molar-refractivity contribution is 6.30. The second kappa shape index (κ2) is 7.60. The third kappa shape index (κ3) is 3.83. The molecule has 4 aromatic rings. The molecule has 0 aliphatic rings. The Hall–Kier alpha value is -3.17. The Morgan fingerprint density at radius 1 is 0.926 bits per heavy atom. The third-order valence-electron chi connectivity index (χ3n) is 4.36. The quantitative estimate of drug-likeness (QED) is 0.336. The first-order chi connectivity index (χ1) is 13.2. The standard InChI is InChI=1S/C23H17ClN2O/c24-19-13-10-17(11-14-19)12-15-22(27)23-25-20-8-4-5-9-21(20)26(23)16-18-6-2-1-3-7-18/h1-15H,16H2/b15-12+. The molecule has 0 N–H and O–H groups in total. The maximum absolute atomic E-state index is 12.9. The first kappa shape index (κ1) is 17.3. The number of benzene rings is 3. The van der Waals surface area contributed by atoms with Crippen LogP contribution in [0.2, 0.25) is 5.02 Å². The molecule has 27 heavy (non-hydrogen) atoms. The van der Waals surface area contributed by atoms with Crippen LogP contribution in [0.25, 0.3) is 17.1 Å². The molecule has 0 atom stereocenters.